The maximum Gasteiger partial charge on any atom is 0.205 e. The summed E-state index contributed by atoms with van der Waals surface area (Å²) in [4.78, 5) is 3.97. The smallest absolute Gasteiger partial charge is 0.205 e. The number of nitrogens with two attached hydrogens (primary N) is 1. The highest BCUT2D eigenvalue weighted by molar-refractivity contribution is 5.53. The molecule has 0 amide bonds. The van der Waals surface area contributed by atoms with Crippen LogP contribution < -0.4 is 5.73 Å². The first kappa shape index (κ1) is 14.6. The Labute approximate surface area is 124 Å². The van der Waals surface area contributed by atoms with Crippen LogP contribution >= 0.6 is 0 Å². The van der Waals surface area contributed by atoms with Gasteiger partial charge in [-0.25, -0.2) is 0 Å². The zero-order valence-corrected chi connectivity index (χ0v) is 12.2. The summed E-state index contributed by atoms with van der Waals surface area (Å²) in [6.07, 6.45) is 3.25. The van der Waals surface area contributed by atoms with Gasteiger partial charge in [0.05, 0.1) is 17.6 Å². The van der Waals surface area contributed by atoms with Crippen molar-refractivity contribution in [3.8, 4) is 12.1 Å². The predicted molar refractivity (Wildman–Crippen MR) is 77.0 cm³/mol. The summed E-state index contributed by atoms with van der Waals surface area (Å²) in [6, 6.07) is 7.80. The van der Waals surface area contributed by atoms with Crippen molar-refractivity contribution in [2.75, 3.05) is 0 Å². The van der Waals surface area contributed by atoms with Gasteiger partial charge in [0.1, 0.15) is 17.4 Å². The van der Waals surface area contributed by atoms with Crippen molar-refractivity contribution in [3.63, 3.8) is 0 Å². The van der Waals surface area contributed by atoms with Crippen LogP contribution in [0.4, 0.5) is 0 Å². The van der Waals surface area contributed by atoms with Gasteiger partial charge < -0.3 is 10.5 Å². The maximum atomic E-state index is 9.58. The molecule has 0 unspecified atom stereocenters. The summed E-state index contributed by atoms with van der Waals surface area (Å²) in [5.41, 5.74) is 6.98. The molecule has 1 atom stereocenters. The van der Waals surface area contributed by atoms with E-state index in [1.165, 1.54) is 0 Å². The number of nitrogens with zero attached hydrogens (tertiary/aromatic N) is 3. The number of ether oxygens (including phenoxy) is 1. The van der Waals surface area contributed by atoms with Crippen LogP contribution in [-0.2, 0) is 4.74 Å². The molecule has 1 aromatic rings. The molecule has 5 heteroatoms. The van der Waals surface area contributed by atoms with E-state index in [4.69, 9.17) is 10.5 Å². The molecule has 1 aromatic heterocycles. The van der Waals surface area contributed by atoms with E-state index < -0.39 is 5.92 Å². The number of hydrogen-bond acceptors (Lipinski definition) is 5. The average Bonchev–Trinajstić information content (AvgIpc) is 2.46. The Bertz CT molecular complexity index is 697. The predicted octanol–water partition coefficient (Wildman–Crippen LogP) is 2.71. The normalized spacial score (nSPS) is 18.8. The number of allylic oxidation sites excluding steroid dienone is 3. The van der Waals surface area contributed by atoms with Gasteiger partial charge in [0.2, 0.25) is 5.88 Å². The van der Waals surface area contributed by atoms with Gasteiger partial charge >= 0.3 is 0 Å². The summed E-state index contributed by atoms with van der Waals surface area (Å²) in [6.45, 7) is 5.82. The molecule has 0 fully saturated rings. The van der Waals surface area contributed by atoms with Crippen molar-refractivity contribution in [1.82, 2.24) is 4.98 Å². The lowest BCUT2D eigenvalue weighted by atomic mass is 9.79. The Kier molecular flexibility index (Phi) is 3.69. The molecule has 21 heavy (non-hydrogen) atoms. The Morgan fingerprint density at radius 2 is 1.71 bits per heavy atom. The second-order valence-electron chi connectivity index (χ2n) is 5.81. The second kappa shape index (κ2) is 5.30. The molecule has 2 rings (SSSR count). The Balaban J connectivity index is 2.71. The molecular formula is C16H16N4O. The molecule has 0 bridgehead atoms. The van der Waals surface area contributed by atoms with Crippen LogP contribution in [-0.4, -0.2) is 4.98 Å². The fourth-order valence-corrected chi connectivity index (χ4v) is 2.32. The van der Waals surface area contributed by atoms with E-state index in [1.807, 2.05) is 20.8 Å². The van der Waals surface area contributed by atoms with Gasteiger partial charge in [0.15, 0.2) is 0 Å². The van der Waals surface area contributed by atoms with Gasteiger partial charge in [0, 0.05) is 17.8 Å². The highest BCUT2D eigenvalue weighted by Gasteiger charge is 2.37. The topological polar surface area (TPSA) is 95.7 Å². The molecule has 106 valence electrons. The molecule has 1 aliphatic heterocycles. The van der Waals surface area contributed by atoms with Gasteiger partial charge in [-0.05, 0) is 17.7 Å². The first-order chi connectivity index (χ1) is 9.90. The SMILES string of the molecule is CC(C)(C)C1=C(C#N)[C@H](c2ccncc2)C(C#N)=C(N)O1. The van der Waals surface area contributed by atoms with Crippen LogP contribution in [0.15, 0.2) is 47.3 Å². The van der Waals surface area contributed by atoms with Crippen molar-refractivity contribution in [3.05, 3.63) is 52.9 Å². The fraction of sp³-hybridized carbons (Fsp3) is 0.312. The second-order valence-corrected chi connectivity index (χ2v) is 5.81. The zero-order chi connectivity index (χ0) is 15.6. The summed E-state index contributed by atoms with van der Waals surface area (Å²) in [5, 5.41) is 19.0. The molecular weight excluding hydrogens is 264 g/mol. The lowest BCUT2D eigenvalue weighted by molar-refractivity contribution is 0.199. The Morgan fingerprint density at radius 3 is 2.19 bits per heavy atom. The molecule has 0 aromatic carbocycles. The summed E-state index contributed by atoms with van der Waals surface area (Å²) >= 11 is 0. The van der Waals surface area contributed by atoms with Gasteiger partial charge in [0.25, 0.3) is 0 Å². The maximum absolute atomic E-state index is 9.58. The van der Waals surface area contributed by atoms with Crippen molar-refractivity contribution < 1.29 is 4.74 Å². The molecule has 2 heterocycles. The fourth-order valence-electron chi connectivity index (χ4n) is 2.32. The molecule has 0 aliphatic carbocycles. The average molecular weight is 280 g/mol. The first-order valence-corrected chi connectivity index (χ1v) is 6.52. The van der Waals surface area contributed by atoms with Crippen LogP contribution in [0, 0.1) is 28.1 Å². The third-order valence-electron chi connectivity index (χ3n) is 3.26. The molecule has 5 nitrogen and oxygen atoms in total. The minimum atomic E-state index is -0.508. The molecule has 2 N–H and O–H groups in total. The van der Waals surface area contributed by atoms with Crippen LogP contribution in [0.5, 0.6) is 0 Å². The highest BCUT2D eigenvalue weighted by Crippen LogP contribution is 2.43. The van der Waals surface area contributed by atoms with E-state index in [0.717, 1.165) is 5.56 Å². The molecule has 0 saturated carbocycles. The first-order valence-electron chi connectivity index (χ1n) is 6.52. The molecule has 0 spiro atoms. The van der Waals surface area contributed by atoms with Gasteiger partial charge in [-0.3, -0.25) is 4.98 Å². The van der Waals surface area contributed by atoms with E-state index in [0.29, 0.717) is 11.3 Å². The Hall–Kier alpha value is -2.79. The lowest BCUT2D eigenvalue weighted by Gasteiger charge is -2.31. The third-order valence-corrected chi connectivity index (χ3v) is 3.26. The summed E-state index contributed by atoms with van der Waals surface area (Å²) < 4.78 is 5.59. The van der Waals surface area contributed by atoms with Gasteiger partial charge in [-0.1, -0.05) is 20.8 Å². The van der Waals surface area contributed by atoms with Crippen LogP contribution in [0.3, 0.4) is 0 Å². The highest BCUT2D eigenvalue weighted by atomic mass is 16.5. The summed E-state index contributed by atoms with van der Waals surface area (Å²) in [5.74, 6) is 0.0533. The van der Waals surface area contributed by atoms with Gasteiger partial charge in [-0.2, -0.15) is 10.5 Å². The quantitative estimate of drug-likeness (QED) is 0.853. The zero-order valence-electron chi connectivity index (χ0n) is 12.2. The van der Waals surface area contributed by atoms with Crippen molar-refractivity contribution in [2.24, 2.45) is 11.1 Å². The number of rotatable bonds is 1. The minimum Gasteiger partial charge on any atom is -0.443 e. The van der Waals surface area contributed by atoms with E-state index in [1.54, 1.807) is 24.5 Å². The lowest BCUT2D eigenvalue weighted by Crippen LogP contribution is -2.26. The van der Waals surface area contributed by atoms with E-state index in [2.05, 4.69) is 17.1 Å². The van der Waals surface area contributed by atoms with Crippen LogP contribution in [0.2, 0.25) is 0 Å². The van der Waals surface area contributed by atoms with Gasteiger partial charge in [-0.15, -0.1) is 0 Å². The van der Waals surface area contributed by atoms with E-state index in [-0.39, 0.29) is 16.9 Å². The largest absolute Gasteiger partial charge is 0.443 e. The van der Waals surface area contributed by atoms with Crippen molar-refractivity contribution in [1.29, 1.82) is 10.5 Å². The monoisotopic (exact) mass is 280 g/mol. The number of nitriles is 2. The standard InChI is InChI=1S/C16H16N4O/c1-16(2,3)14-11(8-17)13(10-4-6-20-7-5-10)12(9-18)15(19)21-14/h4-7,13H,19H2,1-3H3/t13-/m0/s1. The van der Waals surface area contributed by atoms with Crippen LogP contribution in [0.1, 0.15) is 32.3 Å². The molecule has 1 aliphatic rings. The molecule has 0 radical (unpaired) electrons. The van der Waals surface area contributed by atoms with Crippen molar-refractivity contribution in [2.45, 2.75) is 26.7 Å². The third kappa shape index (κ3) is 2.59. The molecule has 0 saturated heterocycles. The number of pyridine rings is 1. The number of aromatic nitrogens is 1. The summed E-state index contributed by atoms with van der Waals surface area (Å²) in [7, 11) is 0. The van der Waals surface area contributed by atoms with E-state index in [9.17, 15) is 10.5 Å². The number of hydrogen-bond donors (Lipinski definition) is 1. The van der Waals surface area contributed by atoms with E-state index >= 15 is 0 Å². The van der Waals surface area contributed by atoms with Crippen LogP contribution in [0.25, 0.3) is 0 Å². The Morgan fingerprint density at radius 1 is 1.14 bits per heavy atom. The van der Waals surface area contributed by atoms with Crippen molar-refractivity contribution >= 4 is 0 Å². The minimum absolute atomic E-state index is 0.0586.